The maximum Gasteiger partial charge on any atom is 0.0554 e. The molecule has 0 atom stereocenters. The summed E-state index contributed by atoms with van der Waals surface area (Å²) in [6, 6.07) is 15.0. The van der Waals surface area contributed by atoms with E-state index in [1.165, 1.54) is 22.3 Å². The number of nitrogen functional groups attached to an aromatic ring is 1. The van der Waals surface area contributed by atoms with Gasteiger partial charge in [0.05, 0.1) is 5.69 Å². The van der Waals surface area contributed by atoms with Gasteiger partial charge in [0.2, 0.25) is 0 Å². The van der Waals surface area contributed by atoms with Gasteiger partial charge in [-0.15, -0.1) is 0 Å². The average molecular weight is 268 g/mol. The van der Waals surface area contributed by atoms with E-state index in [-0.39, 0.29) is 0 Å². The van der Waals surface area contributed by atoms with Gasteiger partial charge in [0.1, 0.15) is 0 Å². The van der Waals surface area contributed by atoms with Crippen molar-refractivity contribution in [2.75, 3.05) is 5.43 Å². The van der Waals surface area contributed by atoms with E-state index < -0.39 is 0 Å². The highest BCUT2D eigenvalue weighted by atomic mass is 15.2. The maximum absolute atomic E-state index is 5.77. The van der Waals surface area contributed by atoms with E-state index in [1.807, 2.05) is 6.07 Å². The summed E-state index contributed by atoms with van der Waals surface area (Å²) >= 11 is 0. The molecule has 0 radical (unpaired) electrons. The van der Waals surface area contributed by atoms with Crippen LogP contribution in [0.5, 0.6) is 0 Å². The number of benzene rings is 2. The van der Waals surface area contributed by atoms with Gasteiger partial charge in [0, 0.05) is 0 Å². The molecule has 2 heteroatoms. The third kappa shape index (κ3) is 2.86. The Morgan fingerprint density at radius 3 is 1.70 bits per heavy atom. The highest BCUT2D eigenvalue weighted by Gasteiger charge is 2.15. The van der Waals surface area contributed by atoms with E-state index in [4.69, 9.17) is 5.84 Å². The fourth-order valence-corrected chi connectivity index (χ4v) is 2.56. The lowest BCUT2D eigenvalue weighted by Gasteiger charge is -2.21. The van der Waals surface area contributed by atoms with Gasteiger partial charge in [0.15, 0.2) is 0 Å². The highest BCUT2D eigenvalue weighted by Crippen LogP contribution is 2.36. The molecule has 2 rings (SSSR count). The lowest BCUT2D eigenvalue weighted by atomic mass is 9.88. The van der Waals surface area contributed by atoms with Gasteiger partial charge in [-0.1, -0.05) is 58.0 Å². The fraction of sp³-hybridized carbons (Fsp3) is 0.333. The quantitative estimate of drug-likeness (QED) is 0.612. The smallest absolute Gasteiger partial charge is 0.0554 e. The van der Waals surface area contributed by atoms with Crippen molar-refractivity contribution >= 4 is 5.69 Å². The van der Waals surface area contributed by atoms with Crippen molar-refractivity contribution in [3.8, 4) is 11.1 Å². The predicted octanol–water partition coefficient (Wildman–Crippen LogP) is 4.89. The van der Waals surface area contributed by atoms with Gasteiger partial charge in [-0.2, -0.15) is 0 Å². The largest absolute Gasteiger partial charge is 0.324 e. The molecular formula is C18H24N2. The first-order valence-electron chi connectivity index (χ1n) is 7.24. The molecule has 0 aliphatic heterocycles. The van der Waals surface area contributed by atoms with Crippen LogP contribution in [0, 0.1) is 0 Å². The van der Waals surface area contributed by atoms with Crippen LogP contribution in [-0.4, -0.2) is 0 Å². The molecule has 0 heterocycles. The lowest BCUT2D eigenvalue weighted by molar-refractivity contribution is 0.835. The molecule has 0 fully saturated rings. The number of hydrogen-bond donors (Lipinski definition) is 2. The van der Waals surface area contributed by atoms with Crippen molar-refractivity contribution in [1.29, 1.82) is 0 Å². The van der Waals surface area contributed by atoms with E-state index in [0.717, 1.165) is 5.69 Å². The zero-order chi connectivity index (χ0) is 14.7. The number of hydrogen-bond acceptors (Lipinski definition) is 2. The van der Waals surface area contributed by atoms with Crippen molar-refractivity contribution in [2.24, 2.45) is 5.84 Å². The first-order chi connectivity index (χ1) is 9.54. The second kappa shape index (κ2) is 6.10. The zero-order valence-electron chi connectivity index (χ0n) is 12.8. The summed E-state index contributed by atoms with van der Waals surface area (Å²) in [5.41, 5.74) is 9.05. The van der Waals surface area contributed by atoms with E-state index in [0.29, 0.717) is 11.8 Å². The normalized spacial score (nSPS) is 11.2. The first kappa shape index (κ1) is 14.6. The summed E-state index contributed by atoms with van der Waals surface area (Å²) in [7, 11) is 0. The summed E-state index contributed by atoms with van der Waals surface area (Å²) in [5.74, 6) is 6.63. The first-order valence-corrected chi connectivity index (χ1v) is 7.24. The molecule has 0 aliphatic carbocycles. The topological polar surface area (TPSA) is 38.0 Å². The average Bonchev–Trinajstić information content (AvgIpc) is 2.46. The Morgan fingerprint density at radius 2 is 1.30 bits per heavy atom. The molecule has 0 aliphatic rings. The van der Waals surface area contributed by atoms with Crippen molar-refractivity contribution in [3.05, 3.63) is 53.6 Å². The second-order valence-electron chi connectivity index (χ2n) is 5.85. The summed E-state index contributed by atoms with van der Waals surface area (Å²) in [6.07, 6.45) is 0. The van der Waals surface area contributed by atoms with Crippen LogP contribution in [0.3, 0.4) is 0 Å². The number of anilines is 1. The molecule has 0 aromatic heterocycles. The van der Waals surface area contributed by atoms with Crippen molar-refractivity contribution in [3.63, 3.8) is 0 Å². The molecule has 0 bridgehead atoms. The molecular weight excluding hydrogens is 244 g/mol. The van der Waals surface area contributed by atoms with Crippen LogP contribution in [0.2, 0.25) is 0 Å². The Bertz CT molecular complexity index is 542. The van der Waals surface area contributed by atoms with Crippen LogP contribution in [-0.2, 0) is 0 Å². The number of nitrogens with one attached hydrogen (secondary N) is 1. The Balaban J connectivity index is 2.66. The summed E-state index contributed by atoms with van der Waals surface area (Å²) in [6.45, 7) is 8.81. The van der Waals surface area contributed by atoms with Crippen molar-refractivity contribution < 1.29 is 0 Å². The van der Waals surface area contributed by atoms with Crippen LogP contribution in [0.15, 0.2) is 42.5 Å². The Kier molecular flexibility index (Phi) is 4.46. The molecule has 0 saturated heterocycles. The Hall–Kier alpha value is -1.80. The molecule has 2 aromatic carbocycles. The monoisotopic (exact) mass is 268 g/mol. The van der Waals surface area contributed by atoms with Gasteiger partial charge >= 0.3 is 0 Å². The van der Waals surface area contributed by atoms with Crippen LogP contribution in [0.25, 0.3) is 11.1 Å². The minimum Gasteiger partial charge on any atom is -0.324 e. The van der Waals surface area contributed by atoms with E-state index in [2.05, 4.69) is 69.5 Å². The number of nitrogens with two attached hydrogens (primary N) is 1. The SMILES string of the molecule is CC(C)c1cc(-c2ccccc2)cc(C(C)C)c1NN. The van der Waals surface area contributed by atoms with Gasteiger partial charge < -0.3 is 5.43 Å². The van der Waals surface area contributed by atoms with E-state index >= 15 is 0 Å². The lowest BCUT2D eigenvalue weighted by Crippen LogP contribution is -2.13. The summed E-state index contributed by atoms with van der Waals surface area (Å²) in [4.78, 5) is 0. The molecule has 2 aromatic rings. The van der Waals surface area contributed by atoms with E-state index in [1.54, 1.807) is 0 Å². The molecule has 0 amide bonds. The van der Waals surface area contributed by atoms with Crippen LogP contribution < -0.4 is 11.3 Å². The number of rotatable bonds is 4. The van der Waals surface area contributed by atoms with E-state index in [9.17, 15) is 0 Å². The summed E-state index contributed by atoms with van der Waals surface area (Å²) < 4.78 is 0. The van der Waals surface area contributed by atoms with Crippen LogP contribution >= 0.6 is 0 Å². The second-order valence-corrected chi connectivity index (χ2v) is 5.85. The third-order valence-electron chi connectivity index (χ3n) is 3.69. The molecule has 106 valence electrons. The van der Waals surface area contributed by atoms with Crippen molar-refractivity contribution in [2.45, 2.75) is 39.5 Å². The van der Waals surface area contributed by atoms with Gasteiger partial charge in [0.25, 0.3) is 0 Å². The highest BCUT2D eigenvalue weighted by molar-refractivity contribution is 5.72. The molecule has 0 unspecified atom stereocenters. The Labute approximate surface area is 122 Å². The predicted molar refractivity (Wildman–Crippen MR) is 87.9 cm³/mol. The van der Waals surface area contributed by atoms with Gasteiger partial charge in [-0.25, -0.2) is 0 Å². The Morgan fingerprint density at radius 1 is 0.800 bits per heavy atom. The third-order valence-corrected chi connectivity index (χ3v) is 3.69. The number of hydrazine groups is 1. The standard InChI is InChI=1S/C18H24N2/c1-12(2)16-10-15(14-8-6-5-7-9-14)11-17(13(3)4)18(16)20-19/h5-13,20H,19H2,1-4H3. The molecule has 0 saturated carbocycles. The van der Waals surface area contributed by atoms with Gasteiger partial charge in [-0.05, 0) is 46.2 Å². The zero-order valence-corrected chi connectivity index (χ0v) is 12.8. The molecule has 20 heavy (non-hydrogen) atoms. The minimum absolute atomic E-state index is 0.433. The summed E-state index contributed by atoms with van der Waals surface area (Å²) in [5, 5.41) is 0. The fourth-order valence-electron chi connectivity index (χ4n) is 2.56. The minimum atomic E-state index is 0.433. The molecule has 0 spiro atoms. The molecule has 3 N–H and O–H groups in total. The van der Waals surface area contributed by atoms with Crippen molar-refractivity contribution in [1.82, 2.24) is 0 Å². The van der Waals surface area contributed by atoms with Gasteiger partial charge in [-0.3, -0.25) is 5.84 Å². The maximum atomic E-state index is 5.77. The van der Waals surface area contributed by atoms with Crippen LogP contribution in [0.1, 0.15) is 50.7 Å². The van der Waals surface area contributed by atoms with Crippen LogP contribution in [0.4, 0.5) is 5.69 Å². The molecule has 2 nitrogen and oxygen atoms in total.